The van der Waals surface area contributed by atoms with E-state index in [4.69, 9.17) is 4.74 Å². The minimum Gasteiger partial charge on any atom is -0.457 e. The van der Waals surface area contributed by atoms with Crippen molar-refractivity contribution in [3.05, 3.63) is 48.5 Å². The third kappa shape index (κ3) is 5.82. The first-order valence-corrected chi connectivity index (χ1v) is 7.32. The van der Waals surface area contributed by atoms with Gasteiger partial charge in [-0.1, -0.05) is 0 Å². The fourth-order valence-electron chi connectivity index (χ4n) is 1.70. The molecule has 0 aliphatic rings. The molecular weight excluding hydrogens is 288 g/mol. The van der Waals surface area contributed by atoms with Crippen LogP contribution in [0.1, 0.15) is 0 Å². The maximum atomic E-state index is 5.81. The molecule has 0 N–H and O–H groups in total. The van der Waals surface area contributed by atoms with Crippen LogP contribution in [0.3, 0.4) is 0 Å². The summed E-state index contributed by atoms with van der Waals surface area (Å²) < 4.78 is 5.81. The lowest BCUT2D eigenvalue weighted by Crippen LogP contribution is -2.06. The average molecular weight is 310 g/mol. The monoisotopic (exact) mass is 310 g/mol. The van der Waals surface area contributed by atoms with Gasteiger partial charge in [0.05, 0.1) is 24.1 Å². The second-order valence-electron chi connectivity index (χ2n) is 5.51. The first-order valence-electron chi connectivity index (χ1n) is 7.32. The summed E-state index contributed by atoms with van der Waals surface area (Å²) in [6.07, 6.45) is 3.53. The smallest absolute Gasteiger partial charge is 0.127 e. The van der Waals surface area contributed by atoms with Gasteiger partial charge in [0.15, 0.2) is 0 Å². The van der Waals surface area contributed by atoms with Gasteiger partial charge in [-0.25, -0.2) is 9.98 Å². The van der Waals surface area contributed by atoms with Crippen LogP contribution in [0.4, 0.5) is 11.4 Å². The second kappa shape index (κ2) is 7.98. The zero-order valence-corrected chi connectivity index (χ0v) is 14.0. The second-order valence-corrected chi connectivity index (χ2v) is 5.51. The molecule has 5 nitrogen and oxygen atoms in total. The van der Waals surface area contributed by atoms with Gasteiger partial charge in [0.1, 0.15) is 11.5 Å². The van der Waals surface area contributed by atoms with Crippen LogP contribution in [0.2, 0.25) is 0 Å². The van der Waals surface area contributed by atoms with Crippen molar-refractivity contribution in [3.8, 4) is 11.5 Å². The summed E-state index contributed by atoms with van der Waals surface area (Å²) in [6, 6.07) is 15.3. The first-order chi connectivity index (χ1) is 11.0. The summed E-state index contributed by atoms with van der Waals surface area (Å²) in [7, 11) is 7.75. The third-order valence-electron chi connectivity index (χ3n) is 2.78. The molecule has 120 valence electrons. The van der Waals surface area contributed by atoms with Crippen LogP contribution in [-0.4, -0.2) is 50.7 Å². The summed E-state index contributed by atoms with van der Waals surface area (Å²) in [4.78, 5) is 12.4. The Labute approximate surface area is 137 Å². The quantitative estimate of drug-likeness (QED) is 0.600. The molecule has 0 spiro atoms. The predicted molar refractivity (Wildman–Crippen MR) is 96.6 cm³/mol. The minimum absolute atomic E-state index is 0.776. The van der Waals surface area contributed by atoms with E-state index < -0.39 is 0 Å². The Kier molecular flexibility index (Phi) is 5.74. The van der Waals surface area contributed by atoms with Crippen molar-refractivity contribution in [2.24, 2.45) is 9.98 Å². The Balaban J connectivity index is 1.99. The van der Waals surface area contributed by atoms with Crippen molar-refractivity contribution in [3.63, 3.8) is 0 Å². The van der Waals surface area contributed by atoms with E-state index in [0.29, 0.717) is 0 Å². The summed E-state index contributed by atoms with van der Waals surface area (Å²) >= 11 is 0. The van der Waals surface area contributed by atoms with Gasteiger partial charge in [-0.2, -0.15) is 0 Å². The Hall–Kier alpha value is -2.82. The van der Waals surface area contributed by atoms with E-state index in [2.05, 4.69) is 9.98 Å². The van der Waals surface area contributed by atoms with Crippen molar-refractivity contribution in [1.29, 1.82) is 0 Å². The molecular formula is C18H22N4O. The molecule has 0 bridgehead atoms. The Morgan fingerprint density at radius 1 is 0.652 bits per heavy atom. The van der Waals surface area contributed by atoms with Crippen molar-refractivity contribution >= 4 is 24.1 Å². The minimum atomic E-state index is 0.776. The van der Waals surface area contributed by atoms with Crippen molar-refractivity contribution in [1.82, 2.24) is 9.80 Å². The predicted octanol–water partition coefficient (Wildman–Crippen LogP) is 3.92. The zero-order valence-electron chi connectivity index (χ0n) is 14.0. The molecule has 0 fully saturated rings. The average Bonchev–Trinajstić information content (AvgIpc) is 2.53. The summed E-state index contributed by atoms with van der Waals surface area (Å²) in [5.74, 6) is 1.55. The lowest BCUT2D eigenvalue weighted by molar-refractivity contribution is 0.483. The number of rotatable bonds is 6. The normalized spacial score (nSPS) is 11.1. The van der Waals surface area contributed by atoms with E-state index in [1.54, 1.807) is 12.7 Å². The Morgan fingerprint density at radius 2 is 1.00 bits per heavy atom. The lowest BCUT2D eigenvalue weighted by atomic mass is 10.3. The van der Waals surface area contributed by atoms with Crippen LogP contribution in [0.15, 0.2) is 58.5 Å². The molecule has 0 unspecified atom stereocenters. The topological polar surface area (TPSA) is 40.4 Å². The van der Waals surface area contributed by atoms with Gasteiger partial charge >= 0.3 is 0 Å². The van der Waals surface area contributed by atoms with Gasteiger partial charge in [0, 0.05) is 28.2 Å². The van der Waals surface area contributed by atoms with E-state index >= 15 is 0 Å². The van der Waals surface area contributed by atoms with Gasteiger partial charge in [-0.3, -0.25) is 0 Å². The van der Waals surface area contributed by atoms with Crippen LogP contribution < -0.4 is 4.74 Å². The molecule has 0 aliphatic heterocycles. The lowest BCUT2D eigenvalue weighted by Gasteiger charge is -2.07. The molecule has 0 saturated heterocycles. The number of nitrogens with zero attached hydrogens (tertiary/aromatic N) is 4. The Morgan fingerprint density at radius 3 is 1.30 bits per heavy atom. The van der Waals surface area contributed by atoms with Crippen molar-refractivity contribution in [2.75, 3.05) is 28.2 Å². The fourth-order valence-corrected chi connectivity index (χ4v) is 1.70. The number of ether oxygens (including phenoxy) is 1. The number of hydrogen-bond acceptors (Lipinski definition) is 3. The highest BCUT2D eigenvalue weighted by Gasteiger charge is 1.98. The highest BCUT2D eigenvalue weighted by atomic mass is 16.5. The molecule has 0 atom stereocenters. The van der Waals surface area contributed by atoms with Crippen LogP contribution in [0.5, 0.6) is 11.5 Å². The molecule has 23 heavy (non-hydrogen) atoms. The molecule has 2 aromatic carbocycles. The summed E-state index contributed by atoms with van der Waals surface area (Å²) in [5.41, 5.74) is 1.78. The highest BCUT2D eigenvalue weighted by molar-refractivity contribution is 5.61. The van der Waals surface area contributed by atoms with E-state index in [9.17, 15) is 0 Å². The van der Waals surface area contributed by atoms with Crippen molar-refractivity contribution < 1.29 is 4.74 Å². The Bertz CT molecular complexity index is 599. The third-order valence-corrected chi connectivity index (χ3v) is 2.78. The summed E-state index contributed by atoms with van der Waals surface area (Å²) in [5, 5.41) is 0. The molecule has 2 aromatic rings. The maximum Gasteiger partial charge on any atom is 0.127 e. The fraction of sp³-hybridized carbons (Fsp3) is 0.222. The zero-order chi connectivity index (χ0) is 16.7. The molecule has 0 aliphatic carbocycles. The molecule has 0 aromatic heterocycles. The van der Waals surface area contributed by atoms with Crippen LogP contribution in [0, 0.1) is 0 Å². The molecule has 0 radical (unpaired) electrons. The number of benzene rings is 2. The molecule has 5 heteroatoms. The standard InChI is InChI=1S/C18H22N4O/c1-21(2)13-19-15-5-9-17(10-6-15)23-18-11-7-16(8-12-18)20-14-22(3)4/h5-14H,1-4H3. The van der Waals surface area contributed by atoms with Crippen molar-refractivity contribution in [2.45, 2.75) is 0 Å². The molecule has 2 rings (SSSR count). The van der Waals surface area contributed by atoms with Gasteiger partial charge in [0.2, 0.25) is 0 Å². The highest BCUT2D eigenvalue weighted by Crippen LogP contribution is 2.25. The van der Waals surface area contributed by atoms with Crippen LogP contribution in [0.25, 0.3) is 0 Å². The van der Waals surface area contributed by atoms with Gasteiger partial charge < -0.3 is 14.5 Å². The molecule has 0 heterocycles. The largest absolute Gasteiger partial charge is 0.457 e. The van der Waals surface area contributed by atoms with E-state index in [1.807, 2.05) is 86.5 Å². The number of aliphatic imine (C=N–C) groups is 2. The maximum absolute atomic E-state index is 5.81. The van der Waals surface area contributed by atoms with Crippen LogP contribution in [-0.2, 0) is 0 Å². The molecule has 0 saturated carbocycles. The van der Waals surface area contributed by atoms with Crippen LogP contribution >= 0.6 is 0 Å². The molecule has 0 amide bonds. The number of hydrogen-bond donors (Lipinski definition) is 0. The van der Waals surface area contributed by atoms with E-state index in [1.165, 1.54) is 0 Å². The van der Waals surface area contributed by atoms with Gasteiger partial charge in [-0.05, 0) is 48.5 Å². The van der Waals surface area contributed by atoms with Gasteiger partial charge in [0.25, 0.3) is 0 Å². The van der Waals surface area contributed by atoms with Gasteiger partial charge in [-0.15, -0.1) is 0 Å². The SMILES string of the molecule is CN(C)C=Nc1ccc(Oc2ccc(N=CN(C)C)cc2)cc1. The van der Waals surface area contributed by atoms with E-state index in [0.717, 1.165) is 22.9 Å². The summed E-state index contributed by atoms with van der Waals surface area (Å²) in [6.45, 7) is 0. The van der Waals surface area contributed by atoms with E-state index in [-0.39, 0.29) is 0 Å². The first kappa shape index (κ1) is 16.5.